The van der Waals surface area contributed by atoms with Crippen molar-refractivity contribution in [3.8, 4) is 0 Å². The van der Waals surface area contributed by atoms with Crippen molar-refractivity contribution in [1.29, 1.82) is 5.41 Å². The molecule has 2 aromatic rings. The molecule has 1 heterocycles. The molecule has 6 nitrogen and oxygen atoms in total. The minimum atomic E-state index is -0.206. The van der Waals surface area contributed by atoms with Gasteiger partial charge in [-0.25, -0.2) is 0 Å². The van der Waals surface area contributed by atoms with Crippen molar-refractivity contribution in [1.82, 2.24) is 10.3 Å². The van der Waals surface area contributed by atoms with Crippen molar-refractivity contribution >= 4 is 23.4 Å². The maximum Gasteiger partial charge on any atom is 0.253 e. The van der Waals surface area contributed by atoms with E-state index < -0.39 is 0 Å². The number of nitrogens with zero attached hydrogens (tertiary/aromatic N) is 1. The quantitative estimate of drug-likeness (QED) is 0.298. The van der Waals surface area contributed by atoms with Crippen LogP contribution in [-0.2, 0) is 6.54 Å². The number of amides is 1. The number of aromatic amines is 1. The molecule has 0 radical (unpaired) electrons. The Labute approximate surface area is 209 Å². The van der Waals surface area contributed by atoms with E-state index in [1.165, 1.54) is 19.1 Å². The number of carbonyl (C=O) groups excluding carboxylic acids is 1. The Bertz CT molecular complexity index is 1160. The molecule has 1 aromatic heterocycles. The third-order valence-corrected chi connectivity index (χ3v) is 7.21. The first-order chi connectivity index (χ1) is 16.8. The van der Waals surface area contributed by atoms with Crippen LogP contribution >= 0.6 is 0 Å². The van der Waals surface area contributed by atoms with E-state index in [9.17, 15) is 9.59 Å². The molecule has 1 aliphatic carbocycles. The van der Waals surface area contributed by atoms with Gasteiger partial charge in [0, 0.05) is 48.4 Å². The first-order valence-corrected chi connectivity index (χ1v) is 12.8. The summed E-state index contributed by atoms with van der Waals surface area (Å²) in [5, 5.41) is 11.0. The van der Waals surface area contributed by atoms with Crippen LogP contribution in [0.2, 0.25) is 0 Å². The highest BCUT2D eigenvalue weighted by molar-refractivity contribution is 6.10. The van der Waals surface area contributed by atoms with E-state index in [0.717, 1.165) is 65.7 Å². The summed E-state index contributed by atoms with van der Waals surface area (Å²) in [4.78, 5) is 31.0. The van der Waals surface area contributed by atoms with Crippen molar-refractivity contribution < 1.29 is 4.79 Å². The second kappa shape index (κ2) is 12.0. The van der Waals surface area contributed by atoms with Gasteiger partial charge in [0.15, 0.2) is 0 Å². The fraction of sp³-hybridized carbons (Fsp3) is 0.483. The summed E-state index contributed by atoms with van der Waals surface area (Å²) in [5.41, 5.74) is 6.34. The monoisotopic (exact) mass is 476 g/mol. The van der Waals surface area contributed by atoms with Crippen LogP contribution in [0.1, 0.15) is 90.2 Å². The molecule has 1 amide bonds. The molecule has 1 aliphatic rings. The summed E-state index contributed by atoms with van der Waals surface area (Å²) in [6, 6.07) is 6.40. The third kappa shape index (κ3) is 6.30. The first kappa shape index (κ1) is 26.5. The molecular formula is C29H40N4O2. The van der Waals surface area contributed by atoms with E-state index >= 15 is 0 Å². The first-order valence-electron chi connectivity index (χ1n) is 12.8. The fourth-order valence-corrected chi connectivity index (χ4v) is 5.04. The molecule has 0 bridgehead atoms. The zero-order chi connectivity index (χ0) is 25.5. The molecule has 188 valence electrons. The van der Waals surface area contributed by atoms with Gasteiger partial charge in [0.1, 0.15) is 0 Å². The molecule has 0 atom stereocenters. The van der Waals surface area contributed by atoms with Crippen LogP contribution in [0.3, 0.4) is 0 Å². The number of nitrogens with one attached hydrogen (secondary N) is 3. The Hall–Kier alpha value is -3.15. The number of hydrogen-bond acceptors (Lipinski definition) is 4. The zero-order valence-corrected chi connectivity index (χ0v) is 21.9. The molecule has 1 saturated carbocycles. The Morgan fingerprint density at radius 3 is 2.54 bits per heavy atom. The number of unbranched alkanes of at least 4 members (excludes halogenated alkanes) is 2. The number of pyridine rings is 1. The predicted octanol–water partition coefficient (Wildman–Crippen LogP) is 5.83. The third-order valence-electron chi connectivity index (χ3n) is 7.21. The molecule has 0 aliphatic heterocycles. The Kier molecular flexibility index (Phi) is 9.07. The molecule has 0 saturated heterocycles. The highest BCUT2D eigenvalue weighted by Gasteiger charge is 2.24. The average Bonchev–Trinajstić information content (AvgIpc) is 3.36. The highest BCUT2D eigenvalue weighted by Crippen LogP contribution is 2.33. The Morgan fingerprint density at radius 1 is 1.20 bits per heavy atom. The van der Waals surface area contributed by atoms with E-state index in [2.05, 4.69) is 41.3 Å². The standard InChI is InChI=1S/C29H40N4O2/c1-6-7-8-11-22(17-30)23-15-25(21(4)27(16-23)33(5)24-12-9-10-13-24)28(34)31-18-26-19(2)14-20(3)32-29(26)35/h11,14-17,24,30H,6-10,12-13,18H2,1-5H3,(H,31,34)(H,32,35)/b22-11+,30-17?. The fourth-order valence-electron chi connectivity index (χ4n) is 5.04. The molecule has 3 N–H and O–H groups in total. The Balaban J connectivity index is 1.99. The molecule has 1 aromatic carbocycles. The second-order valence-electron chi connectivity index (χ2n) is 9.79. The number of allylic oxidation sites excluding steroid dienone is 2. The smallest absolute Gasteiger partial charge is 0.253 e. The van der Waals surface area contributed by atoms with Gasteiger partial charge in [-0.2, -0.15) is 0 Å². The number of anilines is 1. The van der Waals surface area contributed by atoms with Crippen molar-refractivity contribution in [2.24, 2.45) is 0 Å². The van der Waals surface area contributed by atoms with Gasteiger partial charge in [-0.05, 0) is 80.5 Å². The number of hydrogen-bond donors (Lipinski definition) is 3. The van der Waals surface area contributed by atoms with Crippen LogP contribution in [0.25, 0.3) is 5.57 Å². The SMILES string of the molecule is CCCC/C=C(\C=N)c1cc(C(=O)NCc2c(C)cc(C)[nH]c2=O)c(C)c(N(C)C2CCCC2)c1. The van der Waals surface area contributed by atoms with Crippen LogP contribution in [0.4, 0.5) is 5.69 Å². The molecule has 35 heavy (non-hydrogen) atoms. The minimum absolute atomic E-state index is 0.167. The average molecular weight is 477 g/mol. The summed E-state index contributed by atoms with van der Waals surface area (Å²) in [6.45, 7) is 8.06. The lowest BCUT2D eigenvalue weighted by atomic mass is 9.95. The summed E-state index contributed by atoms with van der Waals surface area (Å²) in [6.07, 6.45) is 11.3. The lowest BCUT2D eigenvalue weighted by Gasteiger charge is -2.29. The number of carbonyl (C=O) groups is 1. The number of aromatic nitrogens is 1. The lowest BCUT2D eigenvalue weighted by molar-refractivity contribution is 0.0950. The minimum Gasteiger partial charge on any atom is -0.371 e. The molecule has 3 rings (SSSR count). The van der Waals surface area contributed by atoms with Crippen molar-refractivity contribution in [2.75, 3.05) is 11.9 Å². The summed E-state index contributed by atoms with van der Waals surface area (Å²) < 4.78 is 0. The number of rotatable bonds is 10. The van der Waals surface area contributed by atoms with E-state index in [-0.39, 0.29) is 18.0 Å². The largest absolute Gasteiger partial charge is 0.371 e. The Morgan fingerprint density at radius 2 is 1.91 bits per heavy atom. The van der Waals surface area contributed by atoms with Gasteiger partial charge in [0.2, 0.25) is 0 Å². The predicted molar refractivity (Wildman–Crippen MR) is 146 cm³/mol. The van der Waals surface area contributed by atoms with Gasteiger partial charge in [0.25, 0.3) is 11.5 Å². The number of H-pyrrole nitrogens is 1. The van der Waals surface area contributed by atoms with Crippen molar-refractivity contribution in [3.05, 3.63) is 68.1 Å². The maximum atomic E-state index is 13.4. The zero-order valence-electron chi connectivity index (χ0n) is 21.9. The van der Waals surface area contributed by atoms with Gasteiger partial charge in [-0.1, -0.05) is 38.7 Å². The number of benzene rings is 1. The lowest BCUT2D eigenvalue weighted by Crippen LogP contribution is -2.31. The van der Waals surface area contributed by atoms with E-state index in [1.807, 2.05) is 32.9 Å². The van der Waals surface area contributed by atoms with Crippen LogP contribution in [0.5, 0.6) is 0 Å². The summed E-state index contributed by atoms with van der Waals surface area (Å²) >= 11 is 0. The number of aryl methyl sites for hydroxylation is 2. The van der Waals surface area contributed by atoms with Crippen molar-refractivity contribution in [2.45, 2.75) is 85.2 Å². The molecule has 0 unspecified atom stereocenters. The van der Waals surface area contributed by atoms with Crippen LogP contribution < -0.4 is 15.8 Å². The van der Waals surface area contributed by atoms with Crippen molar-refractivity contribution in [3.63, 3.8) is 0 Å². The molecule has 1 fully saturated rings. The highest BCUT2D eigenvalue weighted by atomic mass is 16.1. The molecule has 0 spiro atoms. The van der Waals surface area contributed by atoms with Gasteiger partial charge >= 0.3 is 0 Å². The van der Waals surface area contributed by atoms with E-state index in [0.29, 0.717) is 17.2 Å². The summed E-state index contributed by atoms with van der Waals surface area (Å²) in [7, 11) is 2.11. The molecule has 6 heteroatoms. The van der Waals surface area contributed by atoms with Crippen LogP contribution in [0.15, 0.2) is 29.1 Å². The summed E-state index contributed by atoms with van der Waals surface area (Å²) in [5.74, 6) is -0.206. The van der Waals surface area contributed by atoms with Gasteiger partial charge in [0.05, 0.1) is 0 Å². The van der Waals surface area contributed by atoms with Gasteiger partial charge in [-0.15, -0.1) is 0 Å². The van der Waals surface area contributed by atoms with Gasteiger partial charge in [-0.3, -0.25) is 9.59 Å². The van der Waals surface area contributed by atoms with Gasteiger partial charge < -0.3 is 20.6 Å². The molecular weight excluding hydrogens is 436 g/mol. The maximum absolute atomic E-state index is 13.4. The topological polar surface area (TPSA) is 89.0 Å². The second-order valence-corrected chi connectivity index (χ2v) is 9.79. The van der Waals surface area contributed by atoms with E-state index in [4.69, 9.17) is 5.41 Å². The van der Waals surface area contributed by atoms with E-state index in [1.54, 1.807) is 0 Å². The normalized spacial score (nSPS) is 14.3. The van der Waals surface area contributed by atoms with Crippen LogP contribution in [0, 0.1) is 26.2 Å². The van der Waals surface area contributed by atoms with Crippen LogP contribution in [-0.4, -0.2) is 30.2 Å².